The van der Waals surface area contributed by atoms with Gasteiger partial charge in [-0.05, 0) is 19.3 Å². The largest absolute Gasteiger partial charge is 0.392 e. The Morgan fingerprint density at radius 2 is 1.88 bits per heavy atom. The SMILES string of the molecule is NC(=S)C1(C(=O)N2CCCS(=O)(=O)CC2)CC1. The smallest absolute Gasteiger partial charge is 0.235 e. The van der Waals surface area contributed by atoms with Gasteiger partial charge in [-0.3, -0.25) is 4.79 Å². The van der Waals surface area contributed by atoms with Gasteiger partial charge in [-0.1, -0.05) is 12.2 Å². The van der Waals surface area contributed by atoms with E-state index >= 15 is 0 Å². The van der Waals surface area contributed by atoms with E-state index in [1.165, 1.54) is 0 Å². The second kappa shape index (κ2) is 4.20. The van der Waals surface area contributed by atoms with Crippen molar-refractivity contribution in [1.29, 1.82) is 0 Å². The lowest BCUT2D eigenvalue weighted by atomic mass is 10.1. The molecule has 96 valence electrons. The number of hydrogen-bond acceptors (Lipinski definition) is 4. The Balaban J connectivity index is 2.09. The monoisotopic (exact) mass is 276 g/mol. The molecule has 2 fully saturated rings. The van der Waals surface area contributed by atoms with E-state index in [1.54, 1.807) is 4.90 Å². The number of rotatable bonds is 2. The van der Waals surface area contributed by atoms with Gasteiger partial charge in [0.25, 0.3) is 0 Å². The Morgan fingerprint density at radius 1 is 1.24 bits per heavy atom. The predicted octanol–water partition coefficient (Wildman–Crippen LogP) is -0.300. The minimum Gasteiger partial charge on any atom is -0.392 e. The van der Waals surface area contributed by atoms with Crippen LogP contribution in [-0.4, -0.2) is 48.8 Å². The minimum absolute atomic E-state index is 0.0478. The van der Waals surface area contributed by atoms with Gasteiger partial charge in [-0.15, -0.1) is 0 Å². The molecule has 0 spiro atoms. The quantitative estimate of drug-likeness (QED) is 0.700. The lowest BCUT2D eigenvalue weighted by Crippen LogP contribution is -2.43. The molecule has 0 aromatic carbocycles. The first kappa shape index (κ1) is 12.8. The lowest BCUT2D eigenvalue weighted by Gasteiger charge is -2.24. The van der Waals surface area contributed by atoms with E-state index in [2.05, 4.69) is 0 Å². The molecule has 7 heteroatoms. The maximum absolute atomic E-state index is 12.3. The molecule has 5 nitrogen and oxygen atoms in total. The summed E-state index contributed by atoms with van der Waals surface area (Å²) >= 11 is 4.93. The van der Waals surface area contributed by atoms with Crippen LogP contribution in [0.15, 0.2) is 0 Å². The average Bonchev–Trinajstić information content (AvgIpc) is 3.02. The van der Waals surface area contributed by atoms with Crippen LogP contribution in [0.1, 0.15) is 19.3 Å². The fourth-order valence-electron chi connectivity index (χ4n) is 2.13. The Hall–Kier alpha value is -0.690. The normalized spacial score (nSPS) is 26.0. The van der Waals surface area contributed by atoms with Crippen molar-refractivity contribution in [3.05, 3.63) is 0 Å². The molecule has 0 aromatic heterocycles. The Morgan fingerprint density at radius 3 is 2.41 bits per heavy atom. The number of nitrogens with two attached hydrogens (primary N) is 1. The van der Waals surface area contributed by atoms with Crippen LogP contribution in [0.5, 0.6) is 0 Å². The van der Waals surface area contributed by atoms with E-state index in [0.29, 0.717) is 25.8 Å². The van der Waals surface area contributed by atoms with E-state index in [9.17, 15) is 13.2 Å². The number of amides is 1. The third kappa shape index (κ3) is 2.44. The van der Waals surface area contributed by atoms with Gasteiger partial charge >= 0.3 is 0 Å². The van der Waals surface area contributed by atoms with Gasteiger partial charge < -0.3 is 10.6 Å². The third-order valence-corrected chi connectivity index (χ3v) is 5.58. The topological polar surface area (TPSA) is 80.5 Å². The highest BCUT2D eigenvalue weighted by molar-refractivity contribution is 7.91. The molecule has 1 heterocycles. The Bertz CT molecular complexity index is 454. The van der Waals surface area contributed by atoms with Crippen molar-refractivity contribution in [3.8, 4) is 0 Å². The number of nitrogens with zero attached hydrogens (tertiary/aromatic N) is 1. The van der Waals surface area contributed by atoms with Crippen molar-refractivity contribution in [1.82, 2.24) is 4.90 Å². The summed E-state index contributed by atoms with van der Waals surface area (Å²) in [6, 6.07) is 0. The van der Waals surface area contributed by atoms with Crippen LogP contribution in [0.25, 0.3) is 0 Å². The first-order valence-corrected chi connectivity index (χ1v) is 7.90. The van der Waals surface area contributed by atoms with E-state index in [0.717, 1.165) is 0 Å². The summed E-state index contributed by atoms with van der Waals surface area (Å²) in [7, 11) is -2.99. The predicted molar refractivity (Wildman–Crippen MR) is 68.3 cm³/mol. The minimum atomic E-state index is -2.99. The van der Waals surface area contributed by atoms with E-state index in [1.807, 2.05) is 0 Å². The summed E-state index contributed by atoms with van der Waals surface area (Å²) in [5, 5.41) is 0. The van der Waals surface area contributed by atoms with Crippen molar-refractivity contribution in [2.75, 3.05) is 24.6 Å². The molecule has 1 aliphatic carbocycles. The van der Waals surface area contributed by atoms with Gasteiger partial charge in [-0.25, -0.2) is 8.42 Å². The third-order valence-electron chi connectivity index (χ3n) is 3.47. The number of thiocarbonyl (C=S) groups is 1. The van der Waals surface area contributed by atoms with Crippen LogP contribution in [0.4, 0.5) is 0 Å². The average molecular weight is 276 g/mol. The van der Waals surface area contributed by atoms with E-state index in [4.69, 9.17) is 18.0 Å². The second-order valence-corrected chi connectivity index (χ2v) is 7.49. The Labute approximate surface area is 106 Å². The highest BCUT2D eigenvalue weighted by Gasteiger charge is 2.54. The highest BCUT2D eigenvalue weighted by atomic mass is 32.2. The van der Waals surface area contributed by atoms with Crippen molar-refractivity contribution < 1.29 is 13.2 Å². The Kier molecular flexibility index (Phi) is 3.15. The first-order valence-electron chi connectivity index (χ1n) is 5.67. The summed E-state index contributed by atoms with van der Waals surface area (Å²) in [5.74, 6) is 0.130. The van der Waals surface area contributed by atoms with Crippen LogP contribution in [-0.2, 0) is 14.6 Å². The summed E-state index contributed by atoms with van der Waals surface area (Å²) < 4.78 is 22.9. The number of sulfone groups is 1. The van der Waals surface area contributed by atoms with Gasteiger partial charge in [-0.2, -0.15) is 0 Å². The van der Waals surface area contributed by atoms with Crippen LogP contribution in [0.2, 0.25) is 0 Å². The molecular formula is C10H16N2O3S2. The fourth-order valence-corrected chi connectivity index (χ4v) is 3.70. The van der Waals surface area contributed by atoms with Crippen molar-refractivity contribution in [3.63, 3.8) is 0 Å². The molecule has 2 N–H and O–H groups in total. The summed E-state index contributed by atoms with van der Waals surface area (Å²) in [5.41, 5.74) is 4.94. The van der Waals surface area contributed by atoms with Crippen LogP contribution in [0, 0.1) is 5.41 Å². The molecule has 1 saturated heterocycles. The van der Waals surface area contributed by atoms with E-state index in [-0.39, 0.29) is 28.9 Å². The zero-order valence-corrected chi connectivity index (χ0v) is 11.1. The molecular weight excluding hydrogens is 260 g/mol. The summed E-state index contributed by atoms with van der Waals surface area (Å²) in [6.45, 7) is 0.758. The van der Waals surface area contributed by atoms with Gasteiger partial charge in [0.2, 0.25) is 5.91 Å². The zero-order valence-electron chi connectivity index (χ0n) is 9.52. The standard InChI is InChI=1S/C10H16N2O3S2/c11-8(16)10(2-3-10)9(13)12-4-1-6-17(14,15)7-5-12/h1-7H2,(H2,11,16). The fraction of sp³-hybridized carbons (Fsp3) is 0.800. The molecule has 1 amide bonds. The summed E-state index contributed by atoms with van der Waals surface area (Å²) in [6.07, 6.45) is 1.90. The second-order valence-electron chi connectivity index (χ2n) is 4.74. The maximum atomic E-state index is 12.3. The number of hydrogen-bond donors (Lipinski definition) is 1. The van der Waals surface area contributed by atoms with Gasteiger partial charge in [0.1, 0.15) is 0 Å². The molecule has 1 saturated carbocycles. The summed E-state index contributed by atoms with van der Waals surface area (Å²) in [4.78, 5) is 14.1. The molecule has 17 heavy (non-hydrogen) atoms. The molecule has 0 unspecified atom stereocenters. The molecule has 1 aliphatic heterocycles. The van der Waals surface area contributed by atoms with Gasteiger partial charge in [0, 0.05) is 13.1 Å². The number of carbonyl (C=O) groups excluding carboxylic acids is 1. The molecule has 0 bridgehead atoms. The number of carbonyl (C=O) groups is 1. The van der Waals surface area contributed by atoms with Crippen LogP contribution >= 0.6 is 12.2 Å². The molecule has 0 radical (unpaired) electrons. The zero-order chi connectivity index (χ0) is 12.7. The molecule has 2 rings (SSSR count). The van der Waals surface area contributed by atoms with Crippen molar-refractivity contribution >= 4 is 33.0 Å². The van der Waals surface area contributed by atoms with Gasteiger partial charge in [0.15, 0.2) is 9.84 Å². The van der Waals surface area contributed by atoms with Crippen LogP contribution < -0.4 is 5.73 Å². The first-order chi connectivity index (χ1) is 7.87. The lowest BCUT2D eigenvalue weighted by molar-refractivity contribution is -0.134. The van der Waals surface area contributed by atoms with Gasteiger partial charge in [0.05, 0.1) is 21.9 Å². The highest BCUT2D eigenvalue weighted by Crippen LogP contribution is 2.47. The van der Waals surface area contributed by atoms with Crippen molar-refractivity contribution in [2.45, 2.75) is 19.3 Å². The van der Waals surface area contributed by atoms with Crippen LogP contribution in [0.3, 0.4) is 0 Å². The van der Waals surface area contributed by atoms with E-state index < -0.39 is 15.3 Å². The molecule has 2 aliphatic rings. The molecule has 0 atom stereocenters. The maximum Gasteiger partial charge on any atom is 0.235 e. The molecule has 0 aromatic rings. The van der Waals surface area contributed by atoms with Crippen molar-refractivity contribution in [2.24, 2.45) is 11.1 Å².